The Morgan fingerprint density at radius 3 is 2.40 bits per heavy atom. The monoisotopic (exact) mass is 346 g/mol. The van der Waals surface area contributed by atoms with Crippen molar-refractivity contribution in [3.63, 3.8) is 0 Å². The first-order chi connectivity index (χ1) is 12.0. The lowest BCUT2D eigenvalue weighted by atomic mass is 10.0. The number of imidazole rings is 1. The first kappa shape index (κ1) is 16.4. The van der Waals surface area contributed by atoms with Gasteiger partial charge in [0.25, 0.3) is 5.56 Å². The van der Waals surface area contributed by atoms with Crippen molar-refractivity contribution in [2.24, 2.45) is 14.1 Å². The highest BCUT2D eigenvalue weighted by atomic mass is 16.2. The highest BCUT2D eigenvalue weighted by Crippen LogP contribution is 2.27. The van der Waals surface area contributed by atoms with Crippen LogP contribution < -0.4 is 16.6 Å². The number of likely N-dealkylation sites (tertiary alicyclic amines) is 1. The van der Waals surface area contributed by atoms with E-state index in [0.29, 0.717) is 23.2 Å². The van der Waals surface area contributed by atoms with Crippen molar-refractivity contribution in [3.8, 4) is 0 Å². The van der Waals surface area contributed by atoms with E-state index in [0.717, 1.165) is 32.0 Å². The Labute approximate surface area is 145 Å². The Morgan fingerprint density at radius 2 is 1.72 bits per heavy atom. The highest BCUT2D eigenvalue weighted by molar-refractivity contribution is 5.73. The molecule has 0 amide bonds. The van der Waals surface area contributed by atoms with Crippen LogP contribution in [0, 0.1) is 0 Å². The van der Waals surface area contributed by atoms with Crippen molar-refractivity contribution in [1.82, 2.24) is 24.0 Å². The first-order valence-corrected chi connectivity index (χ1v) is 9.21. The van der Waals surface area contributed by atoms with Crippen molar-refractivity contribution < 1.29 is 0 Å². The number of nitrogens with one attached hydrogen (secondary N) is 2. The van der Waals surface area contributed by atoms with E-state index in [2.05, 4.69) is 20.2 Å². The third-order valence-corrected chi connectivity index (χ3v) is 5.84. The molecule has 25 heavy (non-hydrogen) atoms. The van der Waals surface area contributed by atoms with Gasteiger partial charge in [-0.1, -0.05) is 12.8 Å². The molecular formula is C17H26N6O2. The third-order valence-electron chi connectivity index (χ3n) is 5.84. The molecule has 0 bridgehead atoms. The van der Waals surface area contributed by atoms with E-state index in [4.69, 9.17) is 0 Å². The number of nitrogens with zero attached hydrogens (tertiary/aromatic N) is 4. The lowest BCUT2D eigenvalue weighted by molar-refractivity contribution is 0.158. The third kappa shape index (κ3) is 2.88. The number of anilines is 1. The predicted octanol–water partition coefficient (Wildman–Crippen LogP) is 0.779. The average molecular weight is 346 g/mol. The average Bonchev–Trinajstić information content (AvgIpc) is 3.23. The van der Waals surface area contributed by atoms with Crippen LogP contribution in [-0.4, -0.2) is 49.2 Å². The summed E-state index contributed by atoms with van der Waals surface area (Å²) in [7, 11) is 3.43. The number of hydrogen-bond acceptors (Lipinski definition) is 5. The van der Waals surface area contributed by atoms with Gasteiger partial charge in [0.05, 0.1) is 0 Å². The smallest absolute Gasteiger partial charge is 0.329 e. The second-order valence-corrected chi connectivity index (χ2v) is 7.38. The second-order valence-electron chi connectivity index (χ2n) is 7.38. The molecule has 1 aliphatic heterocycles. The summed E-state index contributed by atoms with van der Waals surface area (Å²) >= 11 is 0. The summed E-state index contributed by atoms with van der Waals surface area (Å²) in [5, 5.41) is 3.48. The number of hydrogen-bond donors (Lipinski definition) is 2. The first-order valence-electron chi connectivity index (χ1n) is 9.21. The minimum absolute atomic E-state index is 0.351. The summed E-state index contributed by atoms with van der Waals surface area (Å²) in [4.78, 5) is 33.3. The summed E-state index contributed by atoms with van der Waals surface area (Å²) in [6, 6.07) is 1.13. The number of piperidine rings is 1. The molecule has 0 atom stereocenters. The van der Waals surface area contributed by atoms with E-state index in [-0.39, 0.29) is 0 Å². The van der Waals surface area contributed by atoms with Gasteiger partial charge in [-0.05, 0) is 25.7 Å². The molecule has 0 radical (unpaired) electrons. The van der Waals surface area contributed by atoms with E-state index >= 15 is 0 Å². The maximum atomic E-state index is 12.1. The van der Waals surface area contributed by atoms with Crippen LogP contribution in [0.1, 0.15) is 38.5 Å². The molecule has 136 valence electrons. The van der Waals surface area contributed by atoms with Gasteiger partial charge in [-0.15, -0.1) is 0 Å². The molecule has 3 heterocycles. The lowest BCUT2D eigenvalue weighted by Crippen LogP contribution is -2.43. The normalized spacial score (nSPS) is 20.6. The molecule has 2 aliphatic rings. The number of aromatic nitrogens is 4. The SMILES string of the molecule is Cn1c(NC2CCN(C3CCCC3)CC2)nc2c1c(=O)[nH]c(=O)n2C. The maximum Gasteiger partial charge on any atom is 0.329 e. The number of aryl methyl sites for hydroxylation is 2. The molecule has 4 rings (SSSR count). The molecule has 2 aromatic rings. The van der Waals surface area contributed by atoms with Gasteiger partial charge in [-0.2, -0.15) is 4.98 Å². The van der Waals surface area contributed by atoms with Crippen molar-refractivity contribution in [2.45, 2.75) is 50.6 Å². The van der Waals surface area contributed by atoms with Gasteiger partial charge in [0.15, 0.2) is 11.2 Å². The number of rotatable bonds is 3. The molecule has 1 saturated heterocycles. The number of fused-ring (bicyclic) bond motifs is 1. The maximum absolute atomic E-state index is 12.1. The molecular weight excluding hydrogens is 320 g/mol. The van der Waals surface area contributed by atoms with Gasteiger partial charge < -0.3 is 14.8 Å². The number of H-pyrrole nitrogens is 1. The van der Waals surface area contributed by atoms with Crippen LogP contribution in [0.5, 0.6) is 0 Å². The van der Waals surface area contributed by atoms with E-state index in [1.807, 2.05) is 7.05 Å². The molecule has 1 aliphatic carbocycles. The van der Waals surface area contributed by atoms with Crippen LogP contribution in [0.2, 0.25) is 0 Å². The Hall–Kier alpha value is -2.09. The minimum Gasteiger partial charge on any atom is -0.353 e. The van der Waals surface area contributed by atoms with Crippen LogP contribution >= 0.6 is 0 Å². The van der Waals surface area contributed by atoms with Gasteiger partial charge in [0.2, 0.25) is 5.95 Å². The van der Waals surface area contributed by atoms with Gasteiger partial charge >= 0.3 is 5.69 Å². The minimum atomic E-state index is -0.438. The van der Waals surface area contributed by atoms with E-state index in [9.17, 15) is 9.59 Å². The van der Waals surface area contributed by atoms with Crippen molar-refractivity contribution in [3.05, 3.63) is 20.8 Å². The van der Waals surface area contributed by atoms with Crippen molar-refractivity contribution >= 4 is 17.1 Å². The quantitative estimate of drug-likeness (QED) is 0.857. The van der Waals surface area contributed by atoms with Gasteiger partial charge in [-0.3, -0.25) is 14.3 Å². The zero-order valence-corrected chi connectivity index (χ0v) is 14.9. The molecule has 2 fully saturated rings. The molecule has 2 N–H and O–H groups in total. The predicted molar refractivity (Wildman–Crippen MR) is 97.0 cm³/mol. The van der Waals surface area contributed by atoms with E-state index < -0.39 is 11.2 Å². The standard InChI is InChI=1S/C17H26N6O2/c1-21-13-14(22(2)17(25)20-15(13)24)19-16(21)18-11-7-9-23(10-8-11)12-5-3-4-6-12/h11-12H,3-10H2,1-2H3,(H,18,19)(H,20,24,25). The molecule has 8 nitrogen and oxygen atoms in total. The van der Waals surface area contributed by atoms with Gasteiger partial charge in [0.1, 0.15) is 0 Å². The summed E-state index contributed by atoms with van der Waals surface area (Å²) in [5.74, 6) is 0.654. The molecule has 8 heteroatoms. The zero-order valence-electron chi connectivity index (χ0n) is 14.9. The summed E-state index contributed by atoms with van der Waals surface area (Å²) in [6.45, 7) is 2.23. The van der Waals surface area contributed by atoms with Crippen molar-refractivity contribution in [1.29, 1.82) is 0 Å². The highest BCUT2D eigenvalue weighted by Gasteiger charge is 2.27. The summed E-state index contributed by atoms with van der Waals surface area (Å²) in [5.41, 5.74) is 0.0133. The number of aromatic amines is 1. The van der Waals surface area contributed by atoms with E-state index in [1.54, 1.807) is 11.6 Å². The summed E-state index contributed by atoms with van der Waals surface area (Å²) in [6.07, 6.45) is 7.59. The van der Waals surface area contributed by atoms with Crippen LogP contribution in [0.4, 0.5) is 5.95 Å². The van der Waals surface area contributed by atoms with E-state index in [1.165, 1.54) is 30.3 Å². The Morgan fingerprint density at radius 1 is 1.04 bits per heavy atom. The molecule has 0 unspecified atom stereocenters. The largest absolute Gasteiger partial charge is 0.353 e. The fraction of sp³-hybridized carbons (Fsp3) is 0.706. The lowest BCUT2D eigenvalue weighted by Gasteiger charge is -2.36. The Bertz CT molecular complexity index is 881. The van der Waals surface area contributed by atoms with Crippen LogP contribution in [0.3, 0.4) is 0 Å². The molecule has 0 spiro atoms. The van der Waals surface area contributed by atoms with Gasteiger partial charge in [-0.25, -0.2) is 4.79 Å². The fourth-order valence-electron chi connectivity index (χ4n) is 4.30. The summed E-state index contributed by atoms with van der Waals surface area (Å²) < 4.78 is 3.13. The molecule has 2 aromatic heterocycles. The van der Waals surface area contributed by atoms with Crippen LogP contribution in [0.15, 0.2) is 9.59 Å². The molecule has 0 aromatic carbocycles. The molecule has 1 saturated carbocycles. The fourth-order valence-corrected chi connectivity index (χ4v) is 4.30. The van der Waals surface area contributed by atoms with Crippen molar-refractivity contribution in [2.75, 3.05) is 18.4 Å². The van der Waals surface area contributed by atoms with Crippen LogP contribution in [-0.2, 0) is 14.1 Å². The van der Waals surface area contributed by atoms with Gasteiger partial charge in [0, 0.05) is 39.3 Å². The Balaban J connectivity index is 1.51. The Kier molecular flexibility index (Phi) is 4.15. The van der Waals surface area contributed by atoms with Crippen LogP contribution in [0.25, 0.3) is 11.2 Å². The topological polar surface area (TPSA) is 88.0 Å². The second kappa shape index (κ2) is 6.33. The zero-order chi connectivity index (χ0) is 17.6.